The Balaban J connectivity index is 0.000000315. The highest BCUT2D eigenvalue weighted by Crippen LogP contribution is 2.19. The molecule has 0 bridgehead atoms. The number of halogens is 3. The topological polar surface area (TPSA) is 75.6 Å². The first-order valence-electron chi connectivity index (χ1n) is 4.51. The highest BCUT2D eigenvalue weighted by molar-refractivity contribution is 7.85. The smallest absolute Gasteiger partial charge is 0.379 e. The average molecular weight is 265 g/mol. The molecule has 1 heterocycles. The van der Waals surface area contributed by atoms with Crippen molar-refractivity contribution >= 4 is 10.1 Å². The summed E-state index contributed by atoms with van der Waals surface area (Å²) in [6.07, 6.45) is -6.04. The van der Waals surface area contributed by atoms with Crippen LogP contribution in [0.4, 0.5) is 13.2 Å². The van der Waals surface area contributed by atoms with Crippen LogP contribution < -0.4 is 5.32 Å². The van der Waals surface area contributed by atoms with Gasteiger partial charge in [-0.2, -0.15) is 21.6 Å². The van der Waals surface area contributed by atoms with Crippen molar-refractivity contribution < 1.29 is 30.9 Å². The Kier molecular flexibility index (Phi) is 6.88. The molecule has 1 saturated heterocycles. The molecule has 1 aliphatic rings. The van der Waals surface area contributed by atoms with Gasteiger partial charge in [-0.05, 0) is 0 Å². The molecule has 0 atom stereocenters. The van der Waals surface area contributed by atoms with E-state index < -0.39 is 28.5 Å². The molecule has 0 aromatic heterocycles. The van der Waals surface area contributed by atoms with E-state index in [4.69, 9.17) is 9.29 Å². The van der Waals surface area contributed by atoms with Crippen LogP contribution in [0.15, 0.2) is 0 Å². The van der Waals surface area contributed by atoms with Crippen molar-refractivity contribution in [2.75, 3.05) is 32.1 Å². The summed E-state index contributed by atoms with van der Waals surface area (Å²) in [5, 5.41) is 3.16. The molecule has 9 heteroatoms. The van der Waals surface area contributed by atoms with Crippen molar-refractivity contribution in [1.29, 1.82) is 0 Å². The van der Waals surface area contributed by atoms with Gasteiger partial charge in [0.05, 0.1) is 25.4 Å². The van der Waals surface area contributed by atoms with Crippen molar-refractivity contribution in [2.24, 2.45) is 0 Å². The number of alkyl halides is 3. The summed E-state index contributed by atoms with van der Waals surface area (Å²) in [6.45, 7) is 3.83. The number of ether oxygens (including phenoxy) is 1. The molecule has 5 nitrogen and oxygen atoms in total. The average Bonchev–Trinajstić information content (AvgIpc) is 2.17. The number of morpholine rings is 1. The molecule has 16 heavy (non-hydrogen) atoms. The maximum atomic E-state index is 11.2. The fourth-order valence-corrected chi connectivity index (χ4v) is 1.25. The Hall–Kier alpha value is -0.380. The van der Waals surface area contributed by atoms with Gasteiger partial charge < -0.3 is 10.1 Å². The molecule has 0 aromatic carbocycles. The predicted molar refractivity (Wildman–Crippen MR) is 50.8 cm³/mol. The lowest BCUT2D eigenvalue weighted by atomic mass is 10.5. The molecule has 2 N–H and O–H groups in total. The van der Waals surface area contributed by atoms with Crippen LogP contribution in [-0.2, 0) is 14.9 Å². The zero-order valence-electron chi connectivity index (χ0n) is 8.46. The molecule has 0 unspecified atom stereocenters. The lowest BCUT2D eigenvalue weighted by Gasteiger charge is -2.10. The van der Waals surface area contributed by atoms with Crippen molar-refractivity contribution in [3.05, 3.63) is 0 Å². The standard InChI is InChI=1S/C4H9NO.C3H5F3O3S/c1-3-6-4-2-5-1;4-3(5,6)1-2-10(7,8)9/h5H,1-4H2;1-2H2,(H,7,8,9). The third kappa shape index (κ3) is 13.6. The fourth-order valence-electron chi connectivity index (χ4n) is 0.760. The van der Waals surface area contributed by atoms with Gasteiger partial charge in [-0.15, -0.1) is 0 Å². The minimum atomic E-state index is -4.53. The molecular formula is C7H14F3NO4S. The first kappa shape index (κ1) is 15.6. The lowest BCUT2D eigenvalue weighted by Crippen LogP contribution is -2.30. The molecule has 0 saturated carbocycles. The summed E-state index contributed by atoms with van der Waals surface area (Å²) >= 11 is 0. The normalized spacial score (nSPS) is 17.5. The van der Waals surface area contributed by atoms with Crippen LogP contribution in [0.3, 0.4) is 0 Å². The Morgan fingerprint density at radius 1 is 1.25 bits per heavy atom. The van der Waals surface area contributed by atoms with Gasteiger partial charge in [0.15, 0.2) is 0 Å². The Morgan fingerprint density at radius 3 is 1.88 bits per heavy atom. The minimum absolute atomic E-state index is 0.889. The van der Waals surface area contributed by atoms with Crippen LogP contribution >= 0.6 is 0 Å². The van der Waals surface area contributed by atoms with Crippen LogP contribution in [0, 0.1) is 0 Å². The summed E-state index contributed by atoms with van der Waals surface area (Å²) in [7, 11) is -4.48. The number of nitrogens with one attached hydrogen (secondary N) is 1. The lowest BCUT2D eigenvalue weighted by molar-refractivity contribution is -0.130. The fraction of sp³-hybridized carbons (Fsp3) is 1.00. The molecule has 0 amide bonds. The first-order chi connectivity index (χ1) is 7.21. The van der Waals surface area contributed by atoms with E-state index in [1.807, 2.05) is 0 Å². The second-order valence-corrected chi connectivity index (χ2v) is 4.59. The zero-order valence-corrected chi connectivity index (χ0v) is 9.27. The number of rotatable bonds is 2. The minimum Gasteiger partial charge on any atom is -0.379 e. The van der Waals surface area contributed by atoms with E-state index in [1.165, 1.54) is 0 Å². The molecule has 1 rings (SSSR count). The van der Waals surface area contributed by atoms with E-state index in [0.29, 0.717) is 0 Å². The van der Waals surface area contributed by atoms with E-state index >= 15 is 0 Å². The highest BCUT2D eigenvalue weighted by atomic mass is 32.2. The van der Waals surface area contributed by atoms with E-state index in [1.54, 1.807) is 0 Å². The quantitative estimate of drug-likeness (QED) is 0.708. The van der Waals surface area contributed by atoms with Crippen molar-refractivity contribution in [3.8, 4) is 0 Å². The van der Waals surface area contributed by atoms with Gasteiger partial charge in [0.1, 0.15) is 0 Å². The van der Waals surface area contributed by atoms with Crippen LogP contribution in [-0.4, -0.2) is 51.2 Å². The monoisotopic (exact) mass is 265 g/mol. The highest BCUT2D eigenvalue weighted by Gasteiger charge is 2.29. The maximum Gasteiger partial charge on any atom is 0.390 e. The van der Waals surface area contributed by atoms with Crippen molar-refractivity contribution in [2.45, 2.75) is 12.6 Å². The van der Waals surface area contributed by atoms with E-state index in [9.17, 15) is 21.6 Å². The SMILES string of the molecule is C1COCCN1.O=S(=O)(O)CCC(F)(F)F. The van der Waals surface area contributed by atoms with Crippen LogP contribution in [0.25, 0.3) is 0 Å². The summed E-state index contributed by atoms with van der Waals surface area (Å²) in [4.78, 5) is 0. The van der Waals surface area contributed by atoms with Crippen molar-refractivity contribution in [1.82, 2.24) is 5.32 Å². The van der Waals surface area contributed by atoms with Gasteiger partial charge in [-0.25, -0.2) is 0 Å². The third-order valence-corrected chi connectivity index (χ3v) is 2.21. The molecule has 98 valence electrons. The van der Waals surface area contributed by atoms with Crippen LogP contribution in [0.5, 0.6) is 0 Å². The van der Waals surface area contributed by atoms with Crippen molar-refractivity contribution in [3.63, 3.8) is 0 Å². The Labute approximate surface area is 91.7 Å². The van der Waals surface area contributed by atoms with Gasteiger partial charge in [0.2, 0.25) is 0 Å². The summed E-state index contributed by atoms with van der Waals surface area (Å²) in [5.74, 6) is -1.27. The zero-order chi connectivity index (χ0) is 12.7. The molecule has 0 aliphatic carbocycles. The summed E-state index contributed by atoms with van der Waals surface area (Å²) < 4.78 is 66.0. The second kappa shape index (κ2) is 7.05. The number of hydrogen-bond donors (Lipinski definition) is 2. The number of hydrogen-bond acceptors (Lipinski definition) is 4. The molecular weight excluding hydrogens is 251 g/mol. The Bertz CT molecular complexity index is 262. The molecule has 0 radical (unpaired) electrons. The van der Waals surface area contributed by atoms with Gasteiger partial charge in [-0.3, -0.25) is 4.55 Å². The maximum absolute atomic E-state index is 11.2. The van der Waals surface area contributed by atoms with E-state index in [-0.39, 0.29) is 0 Å². The third-order valence-electron chi connectivity index (χ3n) is 1.49. The largest absolute Gasteiger partial charge is 0.390 e. The van der Waals surface area contributed by atoms with Gasteiger partial charge in [0.25, 0.3) is 10.1 Å². The summed E-state index contributed by atoms with van der Waals surface area (Å²) in [5.41, 5.74) is 0. The predicted octanol–water partition coefficient (Wildman–Crippen LogP) is 0.433. The molecule has 1 aliphatic heterocycles. The van der Waals surface area contributed by atoms with Gasteiger partial charge >= 0.3 is 6.18 Å². The van der Waals surface area contributed by atoms with Crippen LogP contribution in [0.2, 0.25) is 0 Å². The molecule has 1 fully saturated rings. The first-order valence-corrected chi connectivity index (χ1v) is 6.12. The second-order valence-electron chi connectivity index (χ2n) is 3.01. The molecule has 0 spiro atoms. The van der Waals surface area contributed by atoms with Crippen LogP contribution in [0.1, 0.15) is 6.42 Å². The molecule has 0 aromatic rings. The summed E-state index contributed by atoms with van der Waals surface area (Å²) in [6, 6.07) is 0. The Morgan fingerprint density at radius 2 is 1.75 bits per heavy atom. The van der Waals surface area contributed by atoms with Gasteiger partial charge in [0, 0.05) is 13.1 Å². The van der Waals surface area contributed by atoms with E-state index in [0.717, 1.165) is 26.3 Å². The van der Waals surface area contributed by atoms with Gasteiger partial charge in [-0.1, -0.05) is 0 Å². The van der Waals surface area contributed by atoms with E-state index in [2.05, 4.69) is 5.32 Å².